The van der Waals surface area contributed by atoms with Crippen LogP contribution < -0.4 is 5.32 Å². The summed E-state index contributed by atoms with van der Waals surface area (Å²) in [5.41, 5.74) is 2.47. The molecule has 1 saturated carbocycles. The lowest BCUT2D eigenvalue weighted by molar-refractivity contribution is -0.160. The summed E-state index contributed by atoms with van der Waals surface area (Å²) in [5.74, 6) is -1.25. The first-order valence-electron chi connectivity index (χ1n) is 11.7. The van der Waals surface area contributed by atoms with Crippen LogP contribution in [-0.2, 0) is 14.3 Å². The molecule has 2 amide bonds. The van der Waals surface area contributed by atoms with Crippen LogP contribution in [-0.4, -0.2) is 52.2 Å². The van der Waals surface area contributed by atoms with Gasteiger partial charge < -0.3 is 20.1 Å². The maximum Gasteiger partial charge on any atom is 0.407 e. The molecule has 34 heavy (non-hydrogen) atoms. The molecule has 0 aromatic heterocycles. The quantitative estimate of drug-likeness (QED) is 0.672. The molecule has 2 N–H and O–H groups in total. The van der Waals surface area contributed by atoms with Gasteiger partial charge in [-0.3, -0.25) is 4.79 Å². The first-order chi connectivity index (χ1) is 16.0. The van der Waals surface area contributed by atoms with E-state index in [1.54, 1.807) is 13.8 Å². The van der Waals surface area contributed by atoms with Gasteiger partial charge in [0.15, 0.2) is 0 Å². The fraction of sp³-hybridized carbons (Fsp3) is 0.444. The zero-order valence-electron chi connectivity index (χ0n) is 19.8. The molecule has 0 atom stereocenters. The second kappa shape index (κ2) is 7.58. The summed E-state index contributed by atoms with van der Waals surface area (Å²) < 4.78 is 5.62. The van der Waals surface area contributed by atoms with Crippen molar-refractivity contribution >= 4 is 18.0 Å². The van der Waals surface area contributed by atoms with Crippen LogP contribution in [0.25, 0.3) is 11.1 Å². The molecule has 3 fully saturated rings. The van der Waals surface area contributed by atoms with Gasteiger partial charge in [0.2, 0.25) is 5.91 Å². The van der Waals surface area contributed by atoms with Gasteiger partial charge in [-0.25, -0.2) is 9.59 Å². The SMILES string of the molecule is CC12CN(C(=O)CC(C)(C)NC(=O)OCC3c4ccccc4-c4ccccc43)C(C(=O)O)(C1)C2. The molecule has 2 bridgehead atoms. The second-order valence-electron chi connectivity index (χ2n) is 11.0. The van der Waals surface area contributed by atoms with Crippen molar-refractivity contribution in [2.45, 2.75) is 57.0 Å². The van der Waals surface area contributed by atoms with Crippen LogP contribution in [0.15, 0.2) is 48.5 Å². The lowest BCUT2D eigenvalue weighted by Gasteiger charge is -2.43. The molecule has 178 valence electrons. The van der Waals surface area contributed by atoms with E-state index < -0.39 is 23.1 Å². The number of hydrogen-bond donors (Lipinski definition) is 2. The number of ether oxygens (including phenoxy) is 1. The Labute approximate surface area is 199 Å². The molecule has 2 aliphatic carbocycles. The van der Waals surface area contributed by atoms with Gasteiger partial charge in [0, 0.05) is 24.4 Å². The van der Waals surface area contributed by atoms with Crippen molar-refractivity contribution in [1.82, 2.24) is 10.2 Å². The smallest absolute Gasteiger partial charge is 0.407 e. The van der Waals surface area contributed by atoms with Gasteiger partial charge in [-0.05, 0) is 54.4 Å². The average Bonchev–Trinajstić information content (AvgIpc) is 3.35. The van der Waals surface area contributed by atoms with Gasteiger partial charge in [0.1, 0.15) is 12.1 Å². The van der Waals surface area contributed by atoms with Crippen LogP contribution >= 0.6 is 0 Å². The van der Waals surface area contributed by atoms with E-state index in [4.69, 9.17) is 4.74 Å². The normalized spacial score (nSPS) is 24.7. The lowest BCUT2D eigenvalue weighted by Crippen LogP contribution is -2.57. The molecule has 7 heteroatoms. The summed E-state index contributed by atoms with van der Waals surface area (Å²) >= 11 is 0. The number of carboxylic acids is 1. The number of nitrogens with one attached hydrogen (secondary N) is 1. The van der Waals surface area contributed by atoms with Crippen molar-refractivity contribution in [2.75, 3.05) is 13.2 Å². The molecule has 2 saturated heterocycles. The summed E-state index contributed by atoms with van der Waals surface area (Å²) in [6.07, 6.45) is 0.385. The summed E-state index contributed by atoms with van der Waals surface area (Å²) in [5, 5.41) is 12.5. The molecule has 7 nitrogen and oxygen atoms in total. The van der Waals surface area contributed by atoms with Gasteiger partial charge >= 0.3 is 12.1 Å². The van der Waals surface area contributed by atoms with E-state index in [0.29, 0.717) is 19.4 Å². The minimum Gasteiger partial charge on any atom is -0.479 e. The largest absolute Gasteiger partial charge is 0.479 e. The number of fused-ring (bicyclic) bond motifs is 4. The highest BCUT2D eigenvalue weighted by Gasteiger charge is 2.68. The maximum atomic E-state index is 13.0. The molecular formula is C27H30N2O5. The highest BCUT2D eigenvalue weighted by Crippen LogP contribution is 2.59. The van der Waals surface area contributed by atoms with E-state index in [1.165, 1.54) is 4.90 Å². The predicted molar refractivity (Wildman–Crippen MR) is 126 cm³/mol. The zero-order chi connectivity index (χ0) is 24.3. The molecule has 0 spiro atoms. The number of carbonyl (C=O) groups excluding carboxylic acids is 2. The molecule has 2 aromatic rings. The Balaban J connectivity index is 1.21. The summed E-state index contributed by atoms with van der Waals surface area (Å²) in [7, 11) is 0. The van der Waals surface area contributed by atoms with Gasteiger partial charge in [-0.15, -0.1) is 0 Å². The maximum absolute atomic E-state index is 13.0. The van der Waals surface area contributed by atoms with Crippen LogP contribution in [0, 0.1) is 5.41 Å². The fourth-order valence-corrected chi connectivity index (χ4v) is 6.22. The summed E-state index contributed by atoms with van der Waals surface area (Å²) in [4.78, 5) is 39.1. The number of rotatable bonds is 6. The lowest BCUT2D eigenvalue weighted by atomic mass is 9.63. The van der Waals surface area contributed by atoms with Crippen LogP contribution in [0.3, 0.4) is 0 Å². The number of carboxylic acid groups (broad SMARTS) is 1. The van der Waals surface area contributed by atoms with Crippen LogP contribution in [0.2, 0.25) is 0 Å². The monoisotopic (exact) mass is 462 g/mol. The first kappa shape index (κ1) is 22.4. The van der Waals surface area contributed by atoms with E-state index in [2.05, 4.69) is 29.6 Å². The van der Waals surface area contributed by atoms with Gasteiger partial charge in [0.25, 0.3) is 0 Å². The van der Waals surface area contributed by atoms with Crippen LogP contribution in [0.5, 0.6) is 0 Å². The molecule has 2 aliphatic heterocycles. The Morgan fingerprint density at radius 1 is 1.06 bits per heavy atom. The first-order valence-corrected chi connectivity index (χ1v) is 11.7. The van der Waals surface area contributed by atoms with Crippen molar-refractivity contribution in [1.29, 1.82) is 0 Å². The van der Waals surface area contributed by atoms with E-state index in [1.807, 2.05) is 31.2 Å². The van der Waals surface area contributed by atoms with Crippen molar-refractivity contribution in [3.05, 3.63) is 59.7 Å². The second-order valence-corrected chi connectivity index (χ2v) is 11.0. The Morgan fingerprint density at radius 2 is 1.62 bits per heavy atom. The fourth-order valence-electron chi connectivity index (χ4n) is 6.22. The Kier molecular flexibility index (Phi) is 5.01. The number of aliphatic carboxylic acids is 1. The van der Waals surface area contributed by atoms with Gasteiger partial charge in [-0.2, -0.15) is 0 Å². The van der Waals surface area contributed by atoms with E-state index in [0.717, 1.165) is 22.3 Å². The minimum absolute atomic E-state index is 0.00229. The topological polar surface area (TPSA) is 95.9 Å². The van der Waals surface area contributed by atoms with Crippen LogP contribution in [0.4, 0.5) is 4.79 Å². The third kappa shape index (κ3) is 3.54. The van der Waals surface area contributed by atoms with Crippen molar-refractivity contribution < 1.29 is 24.2 Å². The van der Waals surface area contributed by atoms with Crippen LogP contribution in [0.1, 0.15) is 57.1 Å². The predicted octanol–water partition coefficient (Wildman–Crippen LogP) is 4.16. The molecular weight excluding hydrogens is 432 g/mol. The number of nitrogens with zero attached hydrogens (tertiary/aromatic N) is 1. The molecule has 4 aliphatic rings. The molecule has 2 aromatic carbocycles. The molecule has 2 heterocycles. The Morgan fingerprint density at radius 3 is 2.18 bits per heavy atom. The highest BCUT2D eigenvalue weighted by atomic mass is 16.5. The molecule has 0 unspecified atom stereocenters. The Bertz CT molecular complexity index is 1140. The van der Waals surface area contributed by atoms with Gasteiger partial charge in [-0.1, -0.05) is 55.5 Å². The van der Waals surface area contributed by atoms with Crippen molar-refractivity contribution in [3.63, 3.8) is 0 Å². The highest BCUT2D eigenvalue weighted by molar-refractivity contribution is 5.90. The summed E-state index contributed by atoms with van der Waals surface area (Å²) in [6, 6.07) is 16.3. The molecule has 0 radical (unpaired) electrons. The third-order valence-electron chi connectivity index (χ3n) is 7.57. The van der Waals surface area contributed by atoms with Gasteiger partial charge in [0.05, 0.1) is 0 Å². The van der Waals surface area contributed by atoms with E-state index >= 15 is 0 Å². The summed E-state index contributed by atoms with van der Waals surface area (Å²) in [6.45, 7) is 6.15. The van der Waals surface area contributed by atoms with E-state index in [9.17, 15) is 19.5 Å². The number of alkyl carbamates (subject to hydrolysis) is 1. The minimum atomic E-state index is -1.09. The zero-order valence-corrected chi connectivity index (χ0v) is 19.8. The standard InChI is InChI=1S/C27H30N2O5/c1-25(2,12-22(30)29-16-26(3)14-27(29,15-26)23(31)32)28-24(33)34-13-21-19-10-6-4-8-17(19)18-9-5-7-11-20(18)21/h4-11,21H,12-16H2,1-3H3,(H,28,33)(H,31,32). The number of hydrogen-bond acceptors (Lipinski definition) is 4. The molecule has 6 rings (SSSR count). The Hall–Kier alpha value is -3.35. The third-order valence-corrected chi connectivity index (χ3v) is 7.57. The number of benzene rings is 2. The number of carbonyl (C=O) groups is 3. The van der Waals surface area contributed by atoms with Crippen molar-refractivity contribution in [2.24, 2.45) is 5.41 Å². The van der Waals surface area contributed by atoms with Crippen molar-refractivity contribution in [3.8, 4) is 11.1 Å². The van der Waals surface area contributed by atoms with E-state index in [-0.39, 0.29) is 30.3 Å². The number of amides is 2. The average molecular weight is 463 g/mol.